The number of thioether (sulfide) groups is 1. The molecule has 0 aliphatic heterocycles. The Labute approximate surface area is 111 Å². The molecular formula is C13H29NO2S. The van der Waals surface area contributed by atoms with Crippen LogP contribution in [0.2, 0.25) is 0 Å². The third kappa shape index (κ3) is 9.89. The molecule has 0 heterocycles. The minimum absolute atomic E-state index is 0.0941. The van der Waals surface area contributed by atoms with Crippen LogP contribution in [0.3, 0.4) is 0 Å². The molecule has 0 aromatic carbocycles. The fourth-order valence-electron chi connectivity index (χ4n) is 1.62. The Morgan fingerprint density at radius 1 is 1.29 bits per heavy atom. The summed E-state index contributed by atoms with van der Waals surface area (Å²) < 4.78 is 5.01. The Bertz CT molecular complexity index is 169. The lowest BCUT2D eigenvalue weighted by molar-refractivity contribution is 0.165. The summed E-state index contributed by atoms with van der Waals surface area (Å²) in [6.07, 6.45) is 4.44. The van der Waals surface area contributed by atoms with Crippen molar-refractivity contribution in [3.63, 3.8) is 0 Å². The Morgan fingerprint density at radius 3 is 2.59 bits per heavy atom. The SMILES string of the molecule is CCCNC(C)(CO)CCCSCCCOC. The van der Waals surface area contributed by atoms with E-state index in [0.29, 0.717) is 0 Å². The maximum absolute atomic E-state index is 9.40. The summed E-state index contributed by atoms with van der Waals surface area (Å²) in [6.45, 7) is 6.33. The third-order valence-electron chi connectivity index (χ3n) is 2.81. The molecule has 0 radical (unpaired) electrons. The average Bonchev–Trinajstić information content (AvgIpc) is 2.35. The maximum atomic E-state index is 9.40. The molecule has 2 N–H and O–H groups in total. The summed E-state index contributed by atoms with van der Waals surface area (Å²) in [4.78, 5) is 0. The van der Waals surface area contributed by atoms with Gasteiger partial charge in [-0.1, -0.05) is 6.92 Å². The van der Waals surface area contributed by atoms with Gasteiger partial charge in [-0.2, -0.15) is 11.8 Å². The highest BCUT2D eigenvalue weighted by Crippen LogP contribution is 2.15. The first-order valence-corrected chi connectivity index (χ1v) is 7.76. The molecule has 3 nitrogen and oxygen atoms in total. The zero-order chi connectivity index (χ0) is 13.0. The van der Waals surface area contributed by atoms with E-state index >= 15 is 0 Å². The third-order valence-corrected chi connectivity index (χ3v) is 3.96. The van der Waals surface area contributed by atoms with Crippen molar-refractivity contribution in [2.75, 3.05) is 38.4 Å². The predicted molar refractivity (Wildman–Crippen MR) is 76.8 cm³/mol. The number of hydrogen-bond acceptors (Lipinski definition) is 4. The first-order chi connectivity index (χ1) is 8.18. The van der Waals surface area contributed by atoms with Crippen LogP contribution in [-0.2, 0) is 4.74 Å². The second-order valence-corrected chi connectivity index (χ2v) is 5.93. The summed E-state index contributed by atoms with van der Waals surface area (Å²) in [6, 6.07) is 0. The molecule has 0 bridgehead atoms. The number of hydrogen-bond donors (Lipinski definition) is 2. The van der Waals surface area contributed by atoms with Gasteiger partial charge < -0.3 is 15.2 Å². The van der Waals surface area contributed by atoms with Gasteiger partial charge in [0.25, 0.3) is 0 Å². The van der Waals surface area contributed by atoms with Crippen molar-refractivity contribution in [3.05, 3.63) is 0 Å². The fraction of sp³-hybridized carbons (Fsp3) is 1.00. The van der Waals surface area contributed by atoms with Gasteiger partial charge in [0.2, 0.25) is 0 Å². The average molecular weight is 263 g/mol. The van der Waals surface area contributed by atoms with Crippen molar-refractivity contribution in [2.45, 2.75) is 45.1 Å². The van der Waals surface area contributed by atoms with Gasteiger partial charge in [-0.15, -0.1) is 0 Å². The zero-order valence-corrected chi connectivity index (χ0v) is 12.4. The number of aliphatic hydroxyl groups excluding tert-OH is 1. The van der Waals surface area contributed by atoms with E-state index in [-0.39, 0.29) is 12.1 Å². The van der Waals surface area contributed by atoms with Gasteiger partial charge >= 0.3 is 0 Å². The Hall–Kier alpha value is 0.230. The van der Waals surface area contributed by atoms with E-state index in [1.165, 1.54) is 11.5 Å². The Balaban J connectivity index is 3.48. The van der Waals surface area contributed by atoms with Crippen LogP contribution >= 0.6 is 11.8 Å². The van der Waals surface area contributed by atoms with Gasteiger partial charge in [-0.25, -0.2) is 0 Å². The number of methoxy groups -OCH3 is 1. The van der Waals surface area contributed by atoms with E-state index in [0.717, 1.165) is 38.8 Å². The summed E-state index contributed by atoms with van der Waals surface area (Å²) in [5.74, 6) is 2.35. The molecule has 104 valence electrons. The lowest BCUT2D eigenvalue weighted by Gasteiger charge is -2.28. The molecule has 17 heavy (non-hydrogen) atoms. The first kappa shape index (κ1) is 17.2. The van der Waals surface area contributed by atoms with Crippen molar-refractivity contribution in [1.29, 1.82) is 0 Å². The molecule has 0 rings (SSSR count). The van der Waals surface area contributed by atoms with E-state index in [2.05, 4.69) is 19.2 Å². The minimum atomic E-state index is -0.0941. The van der Waals surface area contributed by atoms with Crippen LogP contribution in [0.5, 0.6) is 0 Å². The van der Waals surface area contributed by atoms with Crippen molar-refractivity contribution in [2.24, 2.45) is 0 Å². The van der Waals surface area contributed by atoms with E-state index in [1.807, 2.05) is 11.8 Å². The van der Waals surface area contributed by atoms with Gasteiger partial charge in [0, 0.05) is 19.3 Å². The smallest absolute Gasteiger partial charge is 0.0610 e. The highest BCUT2D eigenvalue weighted by molar-refractivity contribution is 7.99. The van der Waals surface area contributed by atoms with Crippen LogP contribution < -0.4 is 5.32 Å². The van der Waals surface area contributed by atoms with Crippen molar-refractivity contribution in [3.8, 4) is 0 Å². The molecule has 0 aliphatic rings. The molecule has 0 amide bonds. The number of rotatable bonds is 12. The Morgan fingerprint density at radius 2 is 2.00 bits per heavy atom. The minimum Gasteiger partial charge on any atom is -0.394 e. The normalized spacial score (nSPS) is 14.8. The van der Waals surface area contributed by atoms with Crippen LogP contribution in [0.15, 0.2) is 0 Å². The van der Waals surface area contributed by atoms with E-state index in [1.54, 1.807) is 7.11 Å². The molecule has 1 atom stereocenters. The highest BCUT2D eigenvalue weighted by atomic mass is 32.2. The molecule has 0 fully saturated rings. The second kappa shape index (κ2) is 11.3. The molecule has 0 aromatic heterocycles. The van der Waals surface area contributed by atoms with E-state index in [4.69, 9.17) is 4.74 Å². The fourth-order valence-corrected chi connectivity index (χ4v) is 2.50. The monoisotopic (exact) mass is 263 g/mol. The molecule has 0 aromatic rings. The van der Waals surface area contributed by atoms with Gasteiger partial charge in [-0.05, 0) is 50.7 Å². The number of nitrogens with one attached hydrogen (secondary N) is 1. The lowest BCUT2D eigenvalue weighted by atomic mass is 9.97. The van der Waals surface area contributed by atoms with Crippen LogP contribution in [0, 0.1) is 0 Å². The molecular weight excluding hydrogens is 234 g/mol. The van der Waals surface area contributed by atoms with Gasteiger partial charge in [0.05, 0.1) is 6.61 Å². The Kier molecular flexibility index (Phi) is 11.5. The van der Waals surface area contributed by atoms with Gasteiger partial charge in [0.1, 0.15) is 0 Å². The quantitative estimate of drug-likeness (QED) is 0.530. The first-order valence-electron chi connectivity index (χ1n) is 6.61. The van der Waals surface area contributed by atoms with Crippen LogP contribution in [-0.4, -0.2) is 49.0 Å². The van der Waals surface area contributed by atoms with E-state index < -0.39 is 0 Å². The number of ether oxygens (including phenoxy) is 1. The van der Waals surface area contributed by atoms with Crippen molar-refractivity contribution >= 4 is 11.8 Å². The highest BCUT2D eigenvalue weighted by Gasteiger charge is 2.21. The topological polar surface area (TPSA) is 41.5 Å². The molecule has 0 saturated heterocycles. The summed E-state index contributed by atoms with van der Waals surface area (Å²) >= 11 is 1.98. The van der Waals surface area contributed by atoms with E-state index in [9.17, 15) is 5.11 Å². The summed E-state index contributed by atoms with van der Waals surface area (Å²) in [5.41, 5.74) is -0.0941. The summed E-state index contributed by atoms with van der Waals surface area (Å²) in [7, 11) is 1.75. The van der Waals surface area contributed by atoms with Crippen molar-refractivity contribution < 1.29 is 9.84 Å². The molecule has 4 heteroatoms. The van der Waals surface area contributed by atoms with Crippen LogP contribution in [0.25, 0.3) is 0 Å². The van der Waals surface area contributed by atoms with Crippen LogP contribution in [0.4, 0.5) is 0 Å². The lowest BCUT2D eigenvalue weighted by Crippen LogP contribution is -2.46. The van der Waals surface area contributed by atoms with Gasteiger partial charge in [0.15, 0.2) is 0 Å². The molecule has 0 aliphatic carbocycles. The van der Waals surface area contributed by atoms with Crippen LogP contribution in [0.1, 0.15) is 39.5 Å². The largest absolute Gasteiger partial charge is 0.394 e. The molecule has 0 saturated carbocycles. The second-order valence-electron chi connectivity index (χ2n) is 4.71. The molecule has 0 spiro atoms. The predicted octanol–water partition coefficient (Wildman–Crippen LogP) is 2.29. The van der Waals surface area contributed by atoms with Gasteiger partial charge in [-0.3, -0.25) is 0 Å². The molecule has 1 unspecified atom stereocenters. The zero-order valence-electron chi connectivity index (χ0n) is 11.6. The summed E-state index contributed by atoms with van der Waals surface area (Å²) in [5, 5.41) is 12.8. The standard InChI is InChI=1S/C13H29NO2S/c1-4-8-14-13(2,12-15)7-5-10-17-11-6-9-16-3/h14-15H,4-12H2,1-3H3. The maximum Gasteiger partial charge on any atom is 0.0610 e. The number of aliphatic hydroxyl groups is 1. The van der Waals surface area contributed by atoms with Crippen molar-refractivity contribution in [1.82, 2.24) is 5.32 Å².